The summed E-state index contributed by atoms with van der Waals surface area (Å²) in [6, 6.07) is 4.39. The van der Waals surface area contributed by atoms with Gasteiger partial charge in [-0.1, -0.05) is 0 Å². The lowest BCUT2D eigenvalue weighted by Gasteiger charge is -2.13. The fraction of sp³-hybridized carbons (Fsp3) is 0.214. The monoisotopic (exact) mass is 326 g/mol. The van der Waals surface area contributed by atoms with Crippen LogP contribution in [0, 0.1) is 0 Å². The van der Waals surface area contributed by atoms with Gasteiger partial charge >= 0.3 is 12.2 Å². The number of nitrogens with zero attached hydrogens (tertiary/aromatic N) is 2. The molecule has 2 aromatic heterocycles. The molecule has 2 amide bonds. The van der Waals surface area contributed by atoms with E-state index in [0.29, 0.717) is 5.56 Å². The lowest BCUT2D eigenvalue weighted by molar-refractivity contribution is -0.141. The Hall–Kier alpha value is -2.68. The van der Waals surface area contributed by atoms with Crippen molar-refractivity contribution in [2.75, 3.05) is 11.9 Å². The highest BCUT2D eigenvalue weighted by atomic mass is 19.4. The Morgan fingerprint density at radius 2 is 1.91 bits per heavy atom. The number of hydrogen-bond acceptors (Lipinski definition) is 4. The van der Waals surface area contributed by atoms with Crippen molar-refractivity contribution in [3.63, 3.8) is 0 Å². The number of carbonyl (C=O) groups excluding carboxylic acids is 1. The zero-order valence-electron chi connectivity index (χ0n) is 11.7. The third kappa shape index (κ3) is 4.92. The van der Waals surface area contributed by atoms with E-state index >= 15 is 0 Å². The van der Waals surface area contributed by atoms with Crippen molar-refractivity contribution in [2.45, 2.75) is 12.3 Å². The first-order chi connectivity index (χ1) is 10.9. The molecule has 6 nitrogen and oxygen atoms in total. The van der Waals surface area contributed by atoms with Crippen molar-refractivity contribution in [2.24, 2.45) is 0 Å². The predicted molar refractivity (Wildman–Crippen MR) is 75.5 cm³/mol. The van der Waals surface area contributed by atoms with Crippen LogP contribution in [0.4, 0.5) is 23.7 Å². The Balaban J connectivity index is 1.85. The highest BCUT2D eigenvalue weighted by molar-refractivity contribution is 5.89. The normalized spacial score (nSPS) is 12.5. The second-order valence-corrected chi connectivity index (χ2v) is 4.56. The van der Waals surface area contributed by atoms with Crippen LogP contribution < -0.4 is 10.6 Å². The van der Waals surface area contributed by atoms with Gasteiger partial charge in [-0.3, -0.25) is 4.98 Å². The molecule has 0 saturated heterocycles. The van der Waals surface area contributed by atoms with Crippen molar-refractivity contribution in [3.05, 3.63) is 54.1 Å². The van der Waals surface area contributed by atoms with Gasteiger partial charge in [-0.05, 0) is 29.8 Å². The second-order valence-electron chi connectivity index (χ2n) is 4.56. The predicted octanol–water partition coefficient (Wildman–Crippen LogP) is 2.35. The topological polar surface area (TPSA) is 87.1 Å². The lowest BCUT2D eigenvalue weighted by Crippen LogP contribution is -2.32. The van der Waals surface area contributed by atoms with Gasteiger partial charge in [0.05, 0.1) is 18.0 Å². The Labute approximate surface area is 129 Å². The number of urea groups is 1. The molecule has 0 aliphatic rings. The molecule has 3 N–H and O–H groups in total. The van der Waals surface area contributed by atoms with E-state index in [4.69, 9.17) is 0 Å². The standard InChI is InChI=1S/C14H13F3N4O2/c15-14(16,17)12-2-1-10(7-19-12)21-13(23)20-8-11(22)9-3-5-18-6-4-9/h1-7,11,22H,8H2,(H2,20,21,23). The smallest absolute Gasteiger partial charge is 0.387 e. The largest absolute Gasteiger partial charge is 0.433 e. The van der Waals surface area contributed by atoms with Crippen LogP contribution in [-0.4, -0.2) is 27.7 Å². The molecule has 122 valence electrons. The molecule has 1 unspecified atom stereocenters. The van der Waals surface area contributed by atoms with Crippen molar-refractivity contribution >= 4 is 11.7 Å². The molecule has 0 saturated carbocycles. The number of aromatic nitrogens is 2. The fourth-order valence-corrected chi connectivity index (χ4v) is 1.70. The van der Waals surface area contributed by atoms with E-state index in [9.17, 15) is 23.1 Å². The fourth-order valence-electron chi connectivity index (χ4n) is 1.70. The molecule has 0 radical (unpaired) electrons. The molecule has 0 spiro atoms. The van der Waals surface area contributed by atoms with Crippen LogP contribution in [0.15, 0.2) is 42.9 Å². The summed E-state index contributed by atoms with van der Waals surface area (Å²) < 4.78 is 37.1. The Morgan fingerprint density at radius 1 is 1.22 bits per heavy atom. The average Bonchev–Trinajstić information content (AvgIpc) is 2.53. The van der Waals surface area contributed by atoms with Crippen LogP contribution in [0.3, 0.4) is 0 Å². The zero-order chi connectivity index (χ0) is 16.9. The molecule has 0 aliphatic heterocycles. The summed E-state index contributed by atoms with van der Waals surface area (Å²) >= 11 is 0. The summed E-state index contributed by atoms with van der Waals surface area (Å²) in [6.07, 6.45) is -1.54. The van der Waals surface area contributed by atoms with Gasteiger partial charge in [0.2, 0.25) is 0 Å². The van der Waals surface area contributed by atoms with Crippen LogP contribution in [0.5, 0.6) is 0 Å². The number of nitrogens with one attached hydrogen (secondary N) is 2. The summed E-state index contributed by atoms with van der Waals surface area (Å²) in [5.41, 5.74) is -0.359. The first kappa shape index (κ1) is 16.7. The summed E-state index contributed by atoms with van der Waals surface area (Å²) in [6.45, 7) is -0.0656. The number of rotatable bonds is 4. The molecular weight excluding hydrogens is 313 g/mol. The molecule has 1 atom stereocenters. The first-order valence-corrected chi connectivity index (χ1v) is 6.52. The van der Waals surface area contributed by atoms with Gasteiger partial charge in [-0.2, -0.15) is 13.2 Å². The van der Waals surface area contributed by atoms with E-state index in [1.807, 2.05) is 0 Å². The molecular formula is C14H13F3N4O2. The molecule has 2 aromatic rings. The van der Waals surface area contributed by atoms with E-state index in [1.165, 1.54) is 12.4 Å². The van der Waals surface area contributed by atoms with Crippen molar-refractivity contribution in [1.29, 1.82) is 0 Å². The minimum atomic E-state index is -4.53. The van der Waals surface area contributed by atoms with Crippen LogP contribution in [0.25, 0.3) is 0 Å². The molecule has 9 heteroatoms. The van der Waals surface area contributed by atoms with Crippen molar-refractivity contribution in [3.8, 4) is 0 Å². The third-order valence-electron chi connectivity index (χ3n) is 2.86. The average molecular weight is 326 g/mol. The lowest BCUT2D eigenvalue weighted by atomic mass is 10.1. The van der Waals surface area contributed by atoms with Crippen LogP contribution in [-0.2, 0) is 6.18 Å². The van der Waals surface area contributed by atoms with E-state index in [2.05, 4.69) is 20.6 Å². The van der Waals surface area contributed by atoms with Crippen LogP contribution in [0.2, 0.25) is 0 Å². The summed E-state index contributed by atoms with van der Waals surface area (Å²) in [7, 11) is 0. The Bertz CT molecular complexity index is 647. The minimum Gasteiger partial charge on any atom is -0.387 e. The van der Waals surface area contributed by atoms with E-state index in [1.54, 1.807) is 12.1 Å². The van der Waals surface area contributed by atoms with Crippen LogP contribution >= 0.6 is 0 Å². The molecule has 0 fully saturated rings. The van der Waals surface area contributed by atoms with Gasteiger partial charge in [-0.25, -0.2) is 9.78 Å². The Morgan fingerprint density at radius 3 is 2.48 bits per heavy atom. The number of aliphatic hydroxyl groups excluding tert-OH is 1. The highest BCUT2D eigenvalue weighted by Gasteiger charge is 2.32. The number of hydrogen-bond donors (Lipinski definition) is 3. The summed E-state index contributed by atoms with van der Waals surface area (Å²) in [5, 5.41) is 14.6. The Kier molecular flexibility index (Phi) is 5.12. The number of pyridine rings is 2. The maximum absolute atomic E-state index is 12.4. The number of aliphatic hydroxyl groups is 1. The maximum atomic E-state index is 12.4. The summed E-state index contributed by atoms with van der Waals surface area (Å²) in [5.74, 6) is 0. The zero-order valence-corrected chi connectivity index (χ0v) is 11.7. The van der Waals surface area contributed by atoms with Crippen molar-refractivity contribution < 1.29 is 23.1 Å². The number of alkyl halides is 3. The SMILES string of the molecule is O=C(NCC(O)c1ccncc1)Nc1ccc(C(F)(F)F)nc1. The molecule has 2 rings (SSSR count). The third-order valence-corrected chi connectivity index (χ3v) is 2.86. The van der Waals surface area contributed by atoms with Gasteiger partial charge < -0.3 is 15.7 Å². The van der Waals surface area contributed by atoms with Gasteiger partial charge in [0.25, 0.3) is 0 Å². The van der Waals surface area contributed by atoms with Crippen molar-refractivity contribution in [1.82, 2.24) is 15.3 Å². The molecule has 23 heavy (non-hydrogen) atoms. The first-order valence-electron chi connectivity index (χ1n) is 6.52. The second kappa shape index (κ2) is 7.05. The molecule has 0 aliphatic carbocycles. The number of carbonyl (C=O) groups is 1. The van der Waals surface area contributed by atoms with E-state index < -0.39 is 24.0 Å². The molecule has 0 aromatic carbocycles. The minimum absolute atomic E-state index is 0.0656. The van der Waals surface area contributed by atoms with Crippen LogP contribution in [0.1, 0.15) is 17.4 Å². The number of anilines is 1. The number of halogens is 3. The van der Waals surface area contributed by atoms with Gasteiger partial charge in [0.1, 0.15) is 5.69 Å². The molecule has 0 bridgehead atoms. The van der Waals surface area contributed by atoms with Gasteiger partial charge in [-0.15, -0.1) is 0 Å². The summed E-state index contributed by atoms with van der Waals surface area (Å²) in [4.78, 5) is 18.7. The number of amides is 2. The van der Waals surface area contributed by atoms with Gasteiger partial charge in [0, 0.05) is 18.9 Å². The maximum Gasteiger partial charge on any atom is 0.433 e. The van der Waals surface area contributed by atoms with Gasteiger partial charge in [0.15, 0.2) is 0 Å². The highest BCUT2D eigenvalue weighted by Crippen LogP contribution is 2.27. The molecule has 2 heterocycles. The van der Waals surface area contributed by atoms with E-state index in [-0.39, 0.29) is 12.2 Å². The van der Waals surface area contributed by atoms with E-state index in [0.717, 1.165) is 18.3 Å². The quantitative estimate of drug-likeness (QED) is 0.805.